The average molecular weight is 414 g/mol. The second kappa shape index (κ2) is 11.5. The van der Waals surface area contributed by atoms with Crippen molar-refractivity contribution < 1.29 is 14.0 Å². The minimum Gasteiger partial charge on any atom is -0.329 e. The molecular weight excluding hydrogens is 392 g/mol. The van der Waals surface area contributed by atoms with E-state index in [0.717, 1.165) is 5.56 Å². The van der Waals surface area contributed by atoms with Gasteiger partial charge in [0.2, 0.25) is 11.8 Å². The molecule has 2 N–H and O–H groups in total. The molecule has 0 unspecified atom stereocenters. The van der Waals surface area contributed by atoms with Crippen LogP contribution in [0.25, 0.3) is 0 Å². The van der Waals surface area contributed by atoms with E-state index in [9.17, 15) is 14.0 Å². The summed E-state index contributed by atoms with van der Waals surface area (Å²) in [5.41, 5.74) is 0.942. The highest BCUT2D eigenvalue weighted by Gasteiger charge is 2.18. The van der Waals surface area contributed by atoms with Gasteiger partial charge in [-0.3, -0.25) is 9.59 Å². The largest absolute Gasteiger partial charge is 0.329 e. The lowest BCUT2D eigenvalue weighted by Gasteiger charge is -2.22. The van der Waals surface area contributed by atoms with Crippen molar-refractivity contribution in [2.45, 2.75) is 13.0 Å². The van der Waals surface area contributed by atoms with Gasteiger partial charge in [0.25, 0.3) is 0 Å². The van der Waals surface area contributed by atoms with Crippen LogP contribution in [0.15, 0.2) is 48.5 Å². The van der Waals surface area contributed by atoms with Gasteiger partial charge in [-0.05, 0) is 36.9 Å². The molecule has 2 aromatic rings. The Balaban J connectivity index is 0.00000364. The monoisotopic (exact) mass is 413 g/mol. The molecule has 0 aromatic heterocycles. The standard InChI is InChI=1S/C19H21ClFN3O2.ClH/c1-22-11-10-19(26)24(12-14-6-8-15(20)9-7-14)13-18(25)23-17-5-3-2-4-16(17)21;/h2-9,22H,10-13H2,1H3,(H,23,25);1H. The molecule has 0 saturated heterocycles. The van der Waals surface area contributed by atoms with Gasteiger partial charge in [-0.25, -0.2) is 4.39 Å². The molecule has 2 amide bonds. The second-order valence-corrected chi connectivity index (χ2v) is 6.19. The summed E-state index contributed by atoms with van der Waals surface area (Å²) in [6.07, 6.45) is 0.261. The van der Waals surface area contributed by atoms with Crippen molar-refractivity contribution >= 4 is 41.5 Å². The predicted octanol–water partition coefficient (Wildman–Crippen LogP) is 3.48. The Labute approximate surface area is 169 Å². The fourth-order valence-electron chi connectivity index (χ4n) is 2.36. The molecule has 0 bridgehead atoms. The van der Waals surface area contributed by atoms with Crippen LogP contribution >= 0.6 is 24.0 Å². The summed E-state index contributed by atoms with van der Waals surface area (Å²) in [5.74, 6) is -1.15. The number of nitrogens with zero attached hydrogens (tertiary/aromatic N) is 1. The maximum atomic E-state index is 13.7. The first-order chi connectivity index (χ1) is 12.5. The Hall–Kier alpha value is -2.15. The average Bonchev–Trinajstić information content (AvgIpc) is 2.63. The molecule has 0 saturated carbocycles. The summed E-state index contributed by atoms with van der Waals surface area (Å²) in [5, 5.41) is 6.01. The van der Waals surface area contributed by atoms with Crippen molar-refractivity contribution in [1.29, 1.82) is 0 Å². The molecule has 0 aliphatic rings. The fraction of sp³-hybridized carbons (Fsp3) is 0.263. The molecule has 0 aliphatic heterocycles. The molecule has 0 radical (unpaired) electrons. The van der Waals surface area contributed by atoms with Gasteiger partial charge < -0.3 is 15.5 Å². The van der Waals surface area contributed by atoms with E-state index in [4.69, 9.17) is 11.6 Å². The van der Waals surface area contributed by atoms with Gasteiger partial charge in [-0.15, -0.1) is 12.4 Å². The first kappa shape index (κ1) is 22.9. The van der Waals surface area contributed by atoms with E-state index in [0.29, 0.717) is 11.6 Å². The second-order valence-electron chi connectivity index (χ2n) is 5.76. The van der Waals surface area contributed by atoms with Crippen LogP contribution in [-0.2, 0) is 16.1 Å². The summed E-state index contributed by atoms with van der Waals surface area (Å²) >= 11 is 5.88. The molecule has 0 heterocycles. The minimum absolute atomic E-state index is 0. The number of anilines is 1. The highest BCUT2D eigenvalue weighted by atomic mass is 35.5. The maximum absolute atomic E-state index is 13.7. The van der Waals surface area contributed by atoms with Crippen LogP contribution in [-0.4, -0.2) is 36.9 Å². The van der Waals surface area contributed by atoms with Crippen molar-refractivity contribution in [2.24, 2.45) is 0 Å². The van der Waals surface area contributed by atoms with Gasteiger partial charge in [0.15, 0.2) is 0 Å². The SMILES string of the molecule is CNCCC(=O)N(CC(=O)Nc1ccccc1F)Cc1ccc(Cl)cc1.Cl. The van der Waals surface area contributed by atoms with E-state index in [1.54, 1.807) is 43.4 Å². The van der Waals surface area contributed by atoms with E-state index in [1.807, 2.05) is 0 Å². The molecule has 2 aromatic carbocycles. The third-order valence-corrected chi connectivity index (χ3v) is 3.96. The maximum Gasteiger partial charge on any atom is 0.244 e. The smallest absolute Gasteiger partial charge is 0.244 e. The molecule has 0 atom stereocenters. The Bertz CT molecular complexity index is 757. The molecule has 8 heteroatoms. The normalized spacial score (nSPS) is 10.0. The topological polar surface area (TPSA) is 61.4 Å². The van der Waals surface area contributed by atoms with Crippen LogP contribution in [0.5, 0.6) is 0 Å². The van der Waals surface area contributed by atoms with Crippen LogP contribution in [0.3, 0.4) is 0 Å². The van der Waals surface area contributed by atoms with E-state index >= 15 is 0 Å². The lowest BCUT2D eigenvalue weighted by Crippen LogP contribution is -2.38. The number of carbonyl (C=O) groups excluding carboxylic acids is 2. The number of hydrogen-bond donors (Lipinski definition) is 2. The van der Waals surface area contributed by atoms with Crippen LogP contribution in [0.2, 0.25) is 5.02 Å². The van der Waals surface area contributed by atoms with Gasteiger partial charge in [0, 0.05) is 24.5 Å². The highest BCUT2D eigenvalue weighted by Crippen LogP contribution is 2.14. The van der Waals surface area contributed by atoms with Gasteiger partial charge in [0.05, 0.1) is 5.69 Å². The van der Waals surface area contributed by atoms with Crippen molar-refractivity contribution in [2.75, 3.05) is 25.5 Å². The summed E-state index contributed by atoms with van der Waals surface area (Å²) < 4.78 is 13.7. The third kappa shape index (κ3) is 7.54. The van der Waals surface area contributed by atoms with Gasteiger partial charge in [-0.1, -0.05) is 35.9 Å². The number of benzene rings is 2. The fourth-order valence-corrected chi connectivity index (χ4v) is 2.48. The van der Waals surface area contributed by atoms with Crippen molar-refractivity contribution in [1.82, 2.24) is 10.2 Å². The van der Waals surface area contributed by atoms with Gasteiger partial charge in [-0.2, -0.15) is 0 Å². The Morgan fingerprint density at radius 3 is 2.41 bits per heavy atom. The van der Waals surface area contributed by atoms with E-state index in [2.05, 4.69) is 10.6 Å². The lowest BCUT2D eigenvalue weighted by molar-refractivity contribution is -0.135. The molecule has 0 aliphatic carbocycles. The zero-order valence-electron chi connectivity index (χ0n) is 14.9. The van der Waals surface area contributed by atoms with E-state index < -0.39 is 11.7 Å². The van der Waals surface area contributed by atoms with E-state index in [-0.39, 0.29) is 43.5 Å². The van der Waals surface area contributed by atoms with Crippen molar-refractivity contribution in [3.8, 4) is 0 Å². The summed E-state index contributed by atoms with van der Waals surface area (Å²) in [6, 6.07) is 13.0. The number of para-hydroxylation sites is 1. The number of nitrogens with one attached hydrogen (secondary N) is 2. The highest BCUT2D eigenvalue weighted by molar-refractivity contribution is 6.30. The quantitative estimate of drug-likeness (QED) is 0.696. The summed E-state index contributed by atoms with van der Waals surface area (Å²) in [6.45, 7) is 0.606. The molecule has 0 spiro atoms. The zero-order valence-corrected chi connectivity index (χ0v) is 16.4. The number of hydrogen-bond acceptors (Lipinski definition) is 3. The number of halogens is 3. The summed E-state index contributed by atoms with van der Waals surface area (Å²) in [4.78, 5) is 26.2. The predicted molar refractivity (Wildman–Crippen MR) is 108 cm³/mol. The molecule has 0 fully saturated rings. The lowest BCUT2D eigenvalue weighted by atomic mass is 10.2. The number of carbonyl (C=O) groups is 2. The zero-order chi connectivity index (χ0) is 18.9. The first-order valence-electron chi connectivity index (χ1n) is 8.21. The minimum atomic E-state index is -0.522. The molecule has 27 heavy (non-hydrogen) atoms. The molecular formula is C19H22Cl2FN3O2. The van der Waals surface area contributed by atoms with Crippen molar-refractivity contribution in [3.63, 3.8) is 0 Å². The van der Waals surface area contributed by atoms with E-state index in [1.165, 1.54) is 17.0 Å². The first-order valence-corrected chi connectivity index (χ1v) is 8.58. The Morgan fingerprint density at radius 2 is 1.78 bits per heavy atom. The third-order valence-electron chi connectivity index (χ3n) is 3.71. The molecule has 5 nitrogen and oxygen atoms in total. The van der Waals surface area contributed by atoms with Gasteiger partial charge >= 0.3 is 0 Å². The number of amides is 2. The number of rotatable bonds is 8. The van der Waals surface area contributed by atoms with Crippen LogP contribution in [0.1, 0.15) is 12.0 Å². The van der Waals surface area contributed by atoms with Crippen LogP contribution in [0, 0.1) is 5.82 Å². The summed E-state index contributed by atoms with van der Waals surface area (Å²) in [7, 11) is 1.75. The van der Waals surface area contributed by atoms with Gasteiger partial charge in [0.1, 0.15) is 12.4 Å². The van der Waals surface area contributed by atoms with Crippen LogP contribution < -0.4 is 10.6 Å². The Morgan fingerprint density at radius 1 is 1.11 bits per heavy atom. The van der Waals surface area contributed by atoms with Crippen LogP contribution in [0.4, 0.5) is 10.1 Å². The molecule has 2 rings (SSSR count). The molecule has 146 valence electrons. The Kier molecular flexibility index (Phi) is 9.78. The van der Waals surface area contributed by atoms with Crippen molar-refractivity contribution in [3.05, 3.63) is 64.9 Å².